The Kier molecular flexibility index (Phi) is 6.24. The van der Waals surface area contributed by atoms with Crippen molar-refractivity contribution >= 4 is 28.2 Å². The molecule has 10 heteroatoms. The van der Waals surface area contributed by atoms with Crippen molar-refractivity contribution in [3.63, 3.8) is 0 Å². The molecule has 5 aromatic rings. The molecule has 4 aromatic heterocycles. The van der Waals surface area contributed by atoms with E-state index in [0.29, 0.717) is 34.6 Å². The molecule has 0 spiro atoms. The number of pyridine rings is 1. The minimum absolute atomic E-state index is 0.104. The molecule has 0 radical (unpaired) electrons. The smallest absolute Gasteiger partial charge is 0.252 e. The third kappa shape index (κ3) is 4.57. The van der Waals surface area contributed by atoms with Gasteiger partial charge in [-0.05, 0) is 50.6 Å². The fraction of sp³-hybridized carbons (Fsp3) is 0.231. The second kappa shape index (κ2) is 9.50. The Bertz CT molecular complexity index is 1630. The fourth-order valence-corrected chi connectivity index (χ4v) is 4.37. The van der Waals surface area contributed by atoms with Crippen LogP contribution >= 0.6 is 11.6 Å². The maximum Gasteiger partial charge on any atom is 0.252 e. The first kappa shape index (κ1) is 23.6. The minimum atomic E-state index is -0.190. The van der Waals surface area contributed by atoms with Crippen molar-refractivity contribution in [2.24, 2.45) is 7.05 Å². The molecular formula is C26H25ClN8O. The first-order chi connectivity index (χ1) is 17.3. The molecule has 0 fully saturated rings. The van der Waals surface area contributed by atoms with Crippen LogP contribution in [0.5, 0.6) is 0 Å². The molecule has 9 nitrogen and oxygen atoms in total. The first-order valence-corrected chi connectivity index (χ1v) is 11.9. The number of aryl methyl sites for hydroxylation is 3. The standard InChI is InChI=1S/C26H25ClN8O/c1-15-10-16(2)35(33-15)26-30-14-20(27)22(32-26)12-18-6-7-23-19(11-18)21(13-24(36)34(23)4)31-17(3)25-28-8-5-9-29-25/h5-11,13-14,17,31H,12H2,1-4H3. The molecule has 182 valence electrons. The van der Waals surface area contributed by atoms with E-state index in [-0.39, 0.29) is 11.6 Å². The summed E-state index contributed by atoms with van der Waals surface area (Å²) in [5.74, 6) is 1.12. The van der Waals surface area contributed by atoms with Crippen LogP contribution in [0, 0.1) is 13.8 Å². The van der Waals surface area contributed by atoms with Gasteiger partial charge in [0.1, 0.15) is 5.82 Å². The van der Waals surface area contributed by atoms with Crippen molar-refractivity contribution in [2.75, 3.05) is 5.32 Å². The lowest BCUT2D eigenvalue weighted by Gasteiger charge is -2.17. The van der Waals surface area contributed by atoms with E-state index < -0.39 is 0 Å². The normalized spacial score (nSPS) is 12.1. The Morgan fingerprint density at radius 3 is 2.58 bits per heavy atom. The molecule has 0 aliphatic heterocycles. The quantitative estimate of drug-likeness (QED) is 0.370. The third-order valence-electron chi connectivity index (χ3n) is 6.03. The van der Waals surface area contributed by atoms with E-state index in [4.69, 9.17) is 16.6 Å². The zero-order valence-corrected chi connectivity index (χ0v) is 21.2. The van der Waals surface area contributed by atoms with Crippen LogP contribution in [0.15, 0.2) is 59.8 Å². The SMILES string of the molecule is Cc1cc(C)n(-c2ncc(Cl)c(Cc3ccc4c(c3)c(NC(C)c3ncccn3)cc(=O)n4C)n2)n1. The summed E-state index contributed by atoms with van der Waals surface area (Å²) in [4.78, 5) is 30.4. The van der Waals surface area contributed by atoms with E-state index in [9.17, 15) is 4.79 Å². The van der Waals surface area contributed by atoms with E-state index >= 15 is 0 Å². The van der Waals surface area contributed by atoms with Crippen LogP contribution in [0.2, 0.25) is 5.02 Å². The fourth-order valence-electron chi connectivity index (χ4n) is 4.21. The third-order valence-corrected chi connectivity index (χ3v) is 6.35. The van der Waals surface area contributed by atoms with Crippen molar-refractivity contribution in [2.45, 2.75) is 33.2 Å². The highest BCUT2D eigenvalue weighted by Gasteiger charge is 2.15. The van der Waals surface area contributed by atoms with Gasteiger partial charge in [0.25, 0.3) is 11.5 Å². The summed E-state index contributed by atoms with van der Waals surface area (Å²) >= 11 is 6.48. The highest BCUT2D eigenvalue weighted by Crippen LogP contribution is 2.27. The van der Waals surface area contributed by atoms with Gasteiger partial charge in [0.2, 0.25) is 0 Å². The van der Waals surface area contributed by atoms with Crippen molar-refractivity contribution in [1.82, 2.24) is 34.3 Å². The molecule has 4 heterocycles. The van der Waals surface area contributed by atoms with Crippen molar-refractivity contribution in [3.05, 3.63) is 98.8 Å². The van der Waals surface area contributed by atoms with E-state index in [1.807, 2.05) is 39.0 Å². The summed E-state index contributed by atoms with van der Waals surface area (Å²) in [7, 11) is 1.76. The van der Waals surface area contributed by atoms with Crippen molar-refractivity contribution in [3.8, 4) is 5.95 Å². The number of benzene rings is 1. The molecule has 0 aliphatic carbocycles. The van der Waals surface area contributed by atoms with Gasteiger partial charge in [-0.3, -0.25) is 4.79 Å². The Labute approximate surface area is 212 Å². The average Bonchev–Trinajstić information content (AvgIpc) is 3.22. The molecule has 1 atom stereocenters. The second-order valence-corrected chi connectivity index (χ2v) is 9.17. The van der Waals surface area contributed by atoms with Gasteiger partial charge < -0.3 is 9.88 Å². The number of nitrogens with one attached hydrogen (secondary N) is 1. The molecule has 0 saturated heterocycles. The second-order valence-electron chi connectivity index (χ2n) is 8.76. The van der Waals surface area contributed by atoms with Gasteiger partial charge in [0.15, 0.2) is 0 Å². The Morgan fingerprint density at radius 1 is 1.08 bits per heavy atom. The van der Waals surface area contributed by atoms with Gasteiger partial charge in [0.05, 0.1) is 34.2 Å². The molecule has 1 unspecified atom stereocenters. The highest BCUT2D eigenvalue weighted by molar-refractivity contribution is 6.31. The Morgan fingerprint density at radius 2 is 1.86 bits per heavy atom. The lowest BCUT2D eigenvalue weighted by Crippen LogP contribution is -2.19. The Balaban J connectivity index is 1.53. The minimum Gasteiger partial charge on any atom is -0.375 e. The molecule has 36 heavy (non-hydrogen) atoms. The zero-order valence-electron chi connectivity index (χ0n) is 20.4. The van der Waals surface area contributed by atoms with Gasteiger partial charge in [-0.2, -0.15) is 5.10 Å². The number of fused-ring (bicyclic) bond motifs is 1. The topological polar surface area (TPSA) is 103 Å². The lowest BCUT2D eigenvalue weighted by molar-refractivity contribution is 0.765. The molecule has 0 bridgehead atoms. The molecule has 5 rings (SSSR count). The predicted molar refractivity (Wildman–Crippen MR) is 140 cm³/mol. The summed E-state index contributed by atoms with van der Waals surface area (Å²) in [6, 6.07) is 11.1. The largest absolute Gasteiger partial charge is 0.375 e. The average molecular weight is 501 g/mol. The van der Waals surface area contributed by atoms with Crippen molar-refractivity contribution < 1.29 is 0 Å². The van der Waals surface area contributed by atoms with Gasteiger partial charge in [-0.25, -0.2) is 24.6 Å². The van der Waals surface area contributed by atoms with E-state index in [1.54, 1.807) is 47.0 Å². The summed E-state index contributed by atoms with van der Waals surface area (Å²) in [6.45, 7) is 5.85. The molecule has 0 aliphatic rings. The van der Waals surface area contributed by atoms with E-state index in [1.165, 1.54) is 0 Å². The number of anilines is 1. The highest BCUT2D eigenvalue weighted by atomic mass is 35.5. The predicted octanol–water partition coefficient (Wildman–Crippen LogP) is 4.34. The van der Waals surface area contributed by atoms with Crippen molar-refractivity contribution in [1.29, 1.82) is 0 Å². The molecule has 0 amide bonds. The van der Waals surface area contributed by atoms with Gasteiger partial charge in [-0.1, -0.05) is 17.7 Å². The number of rotatable bonds is 6. The molecule has 1 N–H and O–H groups in total. The maximum absolute atomic E-state index is 12.6. The summed E-state index contributed by atoms with van der Waals surface area (Å²) in [6.07, 6.45) is 5.50. The number of hydrogen-bond acceptors (Lipinski definition) is 7. The van der Waals surface area contributed by atoms with Crippen LogP contribution in [0.3, 0.4) is 0 Å². The number of hydrogen-bond donors (Lipinski definition) is 1. The van der Waals surface area contributed by atoms with E-state index in [2.05, 4.69) is 31.4 Å². The lowest BCUT2D eigenvalue weighted by atomic mass is 10.0. The van der Waals surface area contributed by atoms with Gasteiger partial charge in [-0.15, -0.1) is 0 Å². The van der Waals surface area contributed by atoms with Gasteiger partial charge in [0, 0.05) is 48.7 Å². The summed E-state index contributed by atoms with van der Waals surface area (Å²) in [5, 5.41) is 9.27. The maximum atomic E-state index is 12.6. The van der Waals surface area contributed by atoms with Crippen LogP contribution in [0.4, 0.5) is 5.69 Å². The molecular weight excluding hydrogens is 476 g/mol. The summed E-state index contributed by atoms with van der Waals surface area (Å²) in [5.41, 5.74) is 4.94. The van der Waals surface area contributed by atoms with Crippen LogP contribution in [0.1, 0.15) is 41.4 Å². The number of halogens is 1. The Hall–Kier alpha value is -4.11. The zero-order chi connectivity index (χ0) is 25.4. The van der Waals surface area contributed by atoms with Crippen LogP contribution < -0.4 is 10.9 Å². The van der Waals surface area contributed by atoms with Crippen LogP contribution in [-0.4, -0.2) is 34.3 Å². The number of nitrogens with zero attached hydrogens (tertiary/aromatic N) is 7. The van der Waals surface area contributed by atoms with Crippen LogP contribution in [-0.2, 0) is 13.5 Å². The summed E-state index contributed by atoms with van der Waals surface area (Å²) < 4.78 is 3.34. The monoisotopic (exact) mass is 500 g/mol. The molecule has 1 aromatic carbocycles. The first-order valence-electron chi connectivity index (χ1n) is 11.5. The van der Waals surface area contributed by atoms with Gasteiger partial charge >= 0.3 is 0 Å². The van der Waals surface area contributed by atoms with Crippen LogP contribution in [0.25, 0.3) is 16.9 Å². The van der Waals surface area contributed by atoms with E-state index in [0.717, 1.165) is 27.9 Å². The number of aromatic nitrogens is 7. The molecule has 0 saturated carbocycles.